The lowest BCUT2D eigenvalue weighted by Crippen LogP contribution is -2.11. The Hall–Kier alpha value is -2.06. The third-order valence-corrected chi connectivity index (χ3v) is 3.32. The average Bonchev–Trinajstić information content (AvgIpc) is 2.48. The quantitative estimate of drug-likeness (QED) is 0.806. The standard InChI is InChI=1S/C18H21NO/c1-14(11-15-7-6-10-17(13-15)20-2)12-18(19)16-8-4-3-5-9-16/h3-10,13,18H,1,11-12,19H2,2H3. The van der Waals surface area contributed by atoms with Crippen molar-refractivity contribution >= 4 is 0 Å². The number of hydrogen-bond donors (Lipinski definition) is 1. The zero-order chi connectivity index (χ0) is 14.4. The van der Waals surface area contributed by atoms with Crippen LogP contribution in [0.25, 0.3) is 0 Å². The summed E-state index contributed by atoms with van der Waals surface area (Å²) in [7, 11) is 1.68. The highest BCUT2D eigenvalue weighted by Gasteiger charge is 2.08. The minimum absolute atomic E-state index is 0.00862. The summed E-state index contributed by atoms with van der Waals surface area (Å²) in [6, 6.07) is 18.2. The molecule has 2 rings (SSSR count). The van der Waals surface area contributed by atoms with E-state index in [9.17, 15) is 0 Å². The second-order valence-electron chi connectivity index (χ2n) is 5.00. The van der Waals surface area contributed by atoms with Gasteiger partial charge in [-0.3, -0.25) is 0 Å². The zero-order valence-electron chi connectivity index (χ0n) is 11.9. The van der Waals surface area contributed by atoms with Gasteiger partial charge in [0.05, 0.1) is 7.11 Å². The van der Waals surface area contributed by atoms with Crippen molar-refractivity contribution < 1.29 is 4.74 Å². The Morgan fingerprint density at radius 3 is 2.60 bits per heavy atom. The first-order valence-corrected chi connectivity index (χ1v) is 6.79. The number of benzene rings is 2. The molecule has 2 N–H and O–H groups in total. The predicted octanol–water partition coefficient (Wildman–Crippen LogP) is 3.88. The molecule has 0 saturated carbocycles. The van der Waals surface area contributed by atoms with Crippen molar-refractivity contribution in [1.82, 2.24) is 0 Å². The van der Waals surface area contributed by atoms with Crippen LogP contribution in [0.5, 0.6) is 5.75 Å². The first kappa shape index (κ1) is 14.4. The highest BCUT2D eigenvalue weighted by atomic mass is 16.5. The molecule has 1 atom stereocenters. The summed E-state index contributed by atoms with van der Waals surface area (Å²) in [4.78, 5) is 0. The van der Waals surface area contributed by atoms with Crippen LogP contribution >= 0.6 is 0 Å². The molecule has 2 aromatic carbocycles. The average molecular weight is 267 g/mol. The highest BCUT2D eigenvalue weighted by Crippen LogP contribution is 2.21. The molecule has 2 heteroatoms. The molecule has 0 heterocycles. The molecule has 0 amide bonds. The largest absolute Gasteiger partial charge is 0.497 e. The second kappa shape index (κ2) is 6.92. The molecule has 2 aromatic rings. The van der Waals surface area contributed by atoms with Gasteiger partial charge in [-0.1, -0.05) is 54.6 Å². The summed E-state index contributed by atoms with van der Waals surface area (Å²) in [5.74, 6) is 0.877. The van der Waals surface area contributed by atoms with E-state index in [0.717, 1.165) is 29.7 Å². The van der Waals surface area contributed by atoms with Crippen molar-refractivity contribution in [3.05, 3.63) is 77.9 Å². The van der Waals surface area contributed by atoms with Crippen LogP contribution in [-0.2, 0) is 6.42 Å². The van der Waals surface area contributed by atoms with Crippen molar-refractivity contribution in [3.8, 4) is 5.75 Å². The van der Waals surface area contributed by atoms with Crippen molar-refractivity contribution in [2.24, 2.45) is 5.73 Å². The maximum atomic E-state index is 6.22. The number of ether oxygens (including phenoxy) is 1. The normalized spacial score (nSPS) is 11.9. The van der Waals surface area contributed by atoms with Crippen molar-refractivity contribution in [2.75, 3.05) is 7.11 Å². The van der Waals surface area contributed by atoms with E-state index in [4.69, 9.17) is 10.5 Å². The van der Waals surface area contributed by atoms with Gasteiger partial charge in [0.25, 0.3) is 0 Å². The predicted molar refractivity (Wildman–Crippen MR) is 83.8 cm³/mol. The van der Waals surface area contributed by atoms with Gasteiger partial charge >= 0.3 is 0 Å². The molecule has 0 aliphatic heterocycles. The molecule has 0 fully saturated rings. The van der Waals surface area contributed by atoms with Crippen LogP contribution in [0.2, 0.25) is 0 Å². The van der Waals surface area contributed by atoms with Crippen LogP contribution in [0, 0.1) is 0 Å². The lowest BCUT2D eigenvalue weighted by molar-refractivity contribution is 0.414. The molecular formula is C18H21NO. The maximum Gasteiger partial charge on any atom is 0.119 e. The molecule has 0 spiro atoms. The Bertz CT molecular complexity index is 563. The van der Waals surface area contributed by atoms with Gasteiger partial charge in [0.1, 0.15) is 5.75 Å². The van der Waals surface area contributed by atoms with Gasteiger partial charge in [-0.15, -0.1) is 0 Å². The highest BCUT2D eigenvalue weighted by molar-refractivity contribution is 5.31. The third kappa shape index (κ3) is 3.97. The summed E-state index contributed by atoms with van der Waals surface area (Å²) in [6.07, 6.45) is 1.62. The Morgan fingerprint density at radius 1 is 1.15 bits per heavy atom. The molecular weight excluding hydrogens is 246 g/mol. The van der Waals surface area contributed by atoms with Crippen LogP contribution in [-0.4, -0.2) is 7.11 Å². The SMILES string of the molecule is C=C(Cc1cccc(OC)c1)CC(N)c1ccccc1. The monoisotopic (exact) mass is 267 g/mol. The molecule has 0 aromatic heterocycles. The summed E-state index contributed by atoms with van der Waals surface area (Å²) < 4.78 is 5.23. The van der Waals surface area contributed by atoms with E-state index in [0.29, 0.717) is 0 Å². The number of rotatable bonds is 6. The van der Waals surface area contributed by atoms with Gasteiger partial charge in [0.15, 0.2) is 0 Å². The number of nitrogens with two attached hydrogens (primary N) is 1. The lowest BCUT2D eigenvalue weighted by Gasteiger charge is -2.14. The second-order valence-corrected chi connectivity index (χ2v) is 5.00. The van der Waals surface area contributed by atoms with Gasteiger partial charge < -0.3 is 10.5 Å². The fraction of sp³-hybridized carbons (Fsp3) is 0.222. The Kier molecular flexibility index (Phi) is 4.97. The van der Waals surface area contributed by atoms with Crippen molar-refractivity contribution in [1.29, 1.82) is 0 Å². The summed E-state index contributed by atoms with van der Waals surface area (Å²) >= 11 is 0. The van der Waals surface area contributed by atoms with E-state index in [-0.39, 0.29) is 6.04 Å². The van der Waals surface area contributed by atoms with E-state index in [1.54, 1.807) is 7.11 Å². The first-order chi connectivity index (χ1) is 9.69. The Labute approximate surface area is 120 Å². The van der Waals surface area contributed by atoms with Gasteiger partial charge in [0.2, 0.25) is 0 Å². The molecule has 0 aliphatic carbocycles. The number of hydrogen-bond acceptors (Lipinski definition) is 2. The molecule has 0 saturated heterocycles. The van der Waals surface area contributed by atoms with Gasteiger partial charge in [-0.25, -0.2) is 0 Å². The van der Waals surface area contributed by atoms with Gasteiger partial charge in [0, 0.05) is 6.04 Å². The first-order valence-electron chi connectivity index (χ1n) is 6.79. The van der Waals surface area contributed by atoms with Crippen LogP contribution in [0.3, 0.4) is 0 Å². The lowest BCUT2D eigenvalue weighted by atomic mass is 9.96. The fourth-order valence-electron chi connectivity index (χ4n) is 2.27. The molecule has 0 radical (unpaired) electrons. The molecule has 0 aliphatic rings. The smallest absolute Gasteiger partial charge is 0.119 e. The summed E-state index contributed by atoms with van der Waals surface area (Å²) in [6.45, 7) is 4.15. The van der Waals surface area contributed by atoms with E-state index in [1.807, 2.05) is 36.4 Å². The molecule has 2 nitrogen and oxygen atoms in total. The van der Waals surface area contributed by atoms with E-state index in [2.05, 4.69) is 24.8 Å². The molecule has 104 valence electrons. The maximum absolute atomic E-state index is 6.22. The van der Waals surface area contributed by atoms with Gasteiger partial charge in [-0.2, -0.15) is 0 Å². The van der Waals surface area contributed by atoms with Crippen molar-refractivity contribution in [2.45, 2.75) is 18.9 Å². The fourth-order valence-corrected chi connectivity index (χ4v) is 2.27. The Balaban J connectivity index is 1.95. The molecule has 20 heavy (non-hydrogen) atoms. The van der Waals surface area contributed by atoms with Crippen LogP contribution in [0.1, 0.15) is 23.6 Å². The van der Waals surface area contributed by atoms with Gasteiger partial charge in [-0.05, 0) is 36.1 Å². The van der Waals surface area contributed by atoms with E-state index < -0.39 is 0 Å². The topological polar surface area (TPSA) is 35.2 Å². The van der Waals surface area contributed by atoms with E-state index >= 15 is 0 Å². The van der Waals surface area contributed by atoms with Crippen LogP contribution in [0.4, 0.5) is 0 Å². The van der Waals surface area contributed by atoms with Crippen LogP contribution < -0.4 is 10.5 Å². The van der Waals surface area contributed by atoms with Crippen LogP contribution in [0.15, 0.2) is 66.7 Å². The minimum atomic E-state index is 0.00862. The number of methoxy groups -OCH3 is 1. The molecule has 1 unspecified atom stereocenters. The summed E-state index contributed by atoms with van der Waals surface area (Å²) in [5.41, 5.74) is 9.71. The Morgan fingerprint density at radius 2 is 1.90 bits per heavy atom. The van der Waals surface area contributed by atoms with Crippen molar-refractivity contribution in [3.63, 3.8) is 0 Å². The zero-order valence-corrected chi connectivity index (χ0v) is 11.9. The molecule has 0 bridgehead atoms. The minimum Gasteiger partial charge on any atom is -0.497 e. The van der Waals surface area contributed by atoms with E-state index in [1.165, 1.54) is 5.56 Å². The summed E-state index contributed by atoms with van der Waals surface area (Å²) in [5, 5.41) is 0. The third-order valence-electron chi connectivity index (χ3n) is 3.32.